The molecule has 0 aliphatic rings. The van der Waals surface area contributed by atoms with Crippen molar-refractivity contribution in [3.63, 3.8) is 0 Å². The van der Waals surface area contributed by atoms with Gasteiger partial charge in [0.1, 0.15) is 5.75 Å². The molecule has 3 aromatic rings. The van der Waals surface area contributed by atoms with E-state index >= 15 is 0 Å². The van der Waals surface area contributed by atoms with Crippen LogP contribution in [0.1, 0.15) is 52.0 Å². The molecule has 0 fully saturated rings. The largest absolute Gasteiger partial charge is 0.497 e. The van der Waals surface area contributed by atoms with Gasteiger partial charge in [-0.05, 0) is 58.8 Å². The van der Waals surface area contributed by atoms with Crippen molar-refractivity contribution < 1.29 is 19.0 Å². The van der Waals surface area contributed by atoms with Crippen molar-refractivity contribution in [2.45, 2.75) is 64.2 Å². The highest BCUT2D eigenvalue weighted by atomic mass is 28.4. The van der Waals surface area contributed by atoms with Crippen LogP contribution in [0.3, 0.4) is 0 Å². The van der Waals surface area contributed by atoms with Crippen molar-refractivity contribution in [3.05, 3.63) is 103 Å². The predicted molar refractivity (Wildman–Crippen MR) is 160 cm³/mol. The third-order valence-electron chi connectivity index (χ3n) is 6.84. The van der Waals surface area contributed by atoms with Crippen molar-refractivity contribution in [1.82, 2.24) is 0 Å². The molecule has 1 N–H and O–H groups in total. The molecule has 4 nitrogen and oxygen atoms in total. The number of hydrogen-bond donors (Lipinski definition) is 1. The number of aliphatic hydroxyl groups excluding tert-OH is 1. The highest BCUT2D eigenvalue weighted by molar-refractivity contribution is 6.99. The van der Waals surface area contributed by atoms with Crippen molar-refractivity contribution in [3.8, 4) is 5.75 Å². The molecule has 0 bridgehead atoms. The number of benzene rings is 3. The van der Waals surface area contributed by atoms with Crippen LogP contribution in [0.4, 0.5) is 0 Å². The fourth-order valence-corrected chi connectivity index (χ4v) is 9.54. The third-order valence-corrected chi connectivity index (χ3v) is 11.9. The first-order valence-electron chi connectivity index (χ1n) is 13.7. The summed E-state index contributed by atoms with van der Waals surface area (Å²) in [5, 5.41) is 11.5. The van der Waals surface area contributed by atoms with Gasteiger partial charge in [-0.3, -0.25) is 0 Å². The van der Waals surface area contributed by atoms with Gasteiger partial charge in [-0.2, -0.15) is 0 Å². The number of aliphatic hydroxyl groups is 1. The summed E-state index contributed by atoms with van der Waals surface area (Å²) in [5.41, 5.74) is 1.11. The van der Waals surface area contributed by atoms with Gasteiger partial charge in [0.25, 0.3) is 8.32 Å². The first-order chi connectivity index (χ1) is 18.4. The minimum absolute atomic E-state index is 0.102. The Morgan fingerprint density at radius 2 is 1.42 bits per heavy atom. The number of unbranched alkanes of at least 4 members (excludes halogenated alkanes) is 2. The summed E-state index contributed by atoms with van der Waals surface area (Å²) in [7, 11) is -1.02. The van der Waals surface area contributed by atoms with Gasteiger partial charge < -0.3 is 19.0 Å². The van der Waals surface area contributed by atoms with Gasteiger partial charge >= 0.3 is 0 Å². The topological polar surface area (TPSA) is 47.9 Å². The Morgan fingerprint density at radius 3 is 1.95 bits per heavy atom. The Hall–Kier alpha value is -2.70. The zero-order valence-electron chi connectivity index (χ0n) is 23.4. The van der Waals surface area contributed by atoms with E-state index in [1.165, 1.54) is 10.4 Å². The zero-order chi connectivity index (χ0) is 27.3. The second-order valence-corrected chi connectivity index (χ2v) is 14.9. The van der Waals surface area contributed by atoms with Gasteiger partial charge in [-0.25, -0.2) is 0 Å². The van der Waals surface area contributed by atoms with Crippen molar-refractivity contribution in [2.24, 2.45) is 0 Å². The molecular formula is C33H44O4Si. The molecule has 3 aromatic carbocycles. The third kappa shape index (κ3) is 8.15. The fourth-order valence-electron chi connectivity index (χ4n) is 4.86. The SMILES string of the molecule is COc1ccc(COC[C@@H](C/C=C\CCCCO)O[Si](c2ccccc2)(c2ccccc2)C(C)(C)C)cc1. The van der Waals surface area contributed by atoms with Crippen LogP contribution in [0.2, 0.25) is 5.04 Å². The van der Waals surface area contributed by atoms with E-state index in [9.17, 15) is 0 Å². The molecule has 204 valence electrons. The number of allylic oxidation sites excluding steroid dienone is 1. The molecule has 0 heterocycles. The molecule has 3 rings (SSSR count). The van der Waals surface area contributed by atoms with Crippen LogP contribution in [0.25, 0.3) is 0 Å². The van der Waals surface area contributed by atoms with Gasteiger partial charge in [0.2, 0.25) is 0 Å². The molecule has 0 radical (unpaired) electrons. The molecule has 0 aliphatic carbocycles. The van der Waals surface area contributed by atoms with Crippen LogP contribution in [-0.4, -0.2) is 39.9 Å². The van der Waals surface area contributed by atoms with Crippen LogP contribution in [0.5, 0.6) is 5.75 Å². The monoisotopic (exact) mass is 532 g/mol. The van der Waals surface area contributed by atoms with Gasteiger partial charge in [0, 0.05) is 6.61 Å². The molecule has 38 heavy (non-hydrogen) atoms. The van der Waals surface area contributed by atoms with Gasteiger partial charge in [0.05, 0.1) is 26.4 Å². The molecule has 0 saturated heterocycles. The predicted octanol–water partition coefficient (Wildman–Crippen LogP) is 6.27. The van der Waals surface area contributed by atoms with Crippen LogP contribution in [0, 0.1) is 0 Å². The molecule has 0 saturated carbocycles. The molecule has 5 heteroatoms. The Balaban J connectivity index is 1.89. The first kappa shape index (κ1) is 29.8. The van der Waals surface area contributed by atoms with E-state index in [2.05, 4.69) is 93.6 Å². The summed E-state index contributed by atoms with van der Waals surface area (Å²) in [5.74, 6) is 0.841. The second-order valence-electron chi connectivity index (χ2n) is 10.7. The van der Waals surface area contributed by atoms with Gasteiger partial charge in [0.15, 0.2) is 0 Å². The molecule has 0 amide bonds. The van der Waals surface area contributed by atoms with E-state index in [0.717, 1.165) is 37.0 Å². The standard InChI is InChI=1S/C33H44O4Si/c1-33(2,3)38(31-17-11-8-12-18-31,32-19-13-9-14-20-32)37-30(16-10-6-5-7-15-25-34)27-36-26-28-21-23-29(35-4)24-22-28/h6,8-14,17-24,30,34H,5,7,15-16,25-27H2,1-4H3/b10-6-/t30-/m1/s1. The molecule has 1 atom stereocenters. The average molecular weight is 533 g/mol. The molecule has 0 spiro atoms. The van der Waals surface area contributed by atoms with Crippen LogP contribution >= 0.6 is 0 Å². The van der Waals surface area contributed by atoms with E-state index in [4.69, 9.17) is 19.0 Å². The summed E-state index contributed by atoms with van der Waals surface area (Å²) in [6.45, 7) is 8.17. The highest BCUT2D eigenvalue weighted by Gasteiger charge is 2.51. The maximum absolute atomic E-state index is 9.09. The molecular weight excluding hydrogens is 488 g/mol. The molecule has 0 aromatic heterocycles. The summed E-state index contributed by atoms with van der Waals surface area (Å²) in [6, 6.07) is 29.5. The maximum atomic E-state index is 9.09. The van der Waals surface area contributed by atoms with Crippen molar-refractivity contribution in [2.75, 3.05) is 20.3 Å². The number of ether oxygens (including phenoxy) is 2. The second kappa shape index (κ2) is 15.0. The van der Waals surface area contributed by atoms with Crippen molar-refractivity contribution in [1.29, 1.82) is 0 Å². The normalized spacial score (nSPS) is 13.1. The molecule has 0 aliphatic heterocycles. The van der Waals surface area contributed by atoms with E-state index < -0.39 is 8.32 Å². The average Bonchev–Trinajstić information content (AvgIpc) is 2.94. The Bertz CT molecular complexity index is 1040. The van der Waals surface area contributed by atoms with Crippen LogP contribution < -0.4 is 15.1 Å². The Labute approximate surface area is 230 Å². The van der Waals surface area contributed by atoms with E-state index in [1.807, 2.05) is 24.3 Å². The minimum Gasteiger partial charge on any atom is -0.497 e. The smallest absolute Gasteiger partial charge is 0.261 e. The summed E-state index contributed by atoms with van der Waals surface area (Å²) < 4.78 is 18.9. The summed E-state index contributed by atoms with van der Waals surface area (Å²) >= 11 is 0. The Morgan fingerprint density at radius 1 is 0.816 bits per heavy atom. The van der Waals surface area contributed by atoms with Crippen LogP contribution in [-0.2, 0) is 15.8 Å². The van der Waals surface area contributed by atoms with E-state index in [0.29, 0.717) is 13.2 Å². The lowest BCUT2D eigenvalue weighted by Crippen LogP contribution is -2.68. The zero-order valence-corrected chi connectivity index (χ0v) is 24.4. The summed E-state index contributed by atoms with van der Waals surface area (Å²) in [4.78, 5) is 0. The minimum atomic E-state index is -2.70. The van der Waals surface area contributed by atoms with E-state index in [1.54, 1.807) is 7.11 Å². The van der Waals surface area contributed by atoms with E-state index in [-0.39, 0.29) is 17.7 Å². The maximum Gasteiger partial charge on any atom is 0.261 e. The molecule has 0 unspecified atom stereocenters. The lowest BCUT2D eigenvalue weighted by Gasteiger charge is -2.45. The number of methoxy groups -OCH3 is 1. The first-order valence-corrected chi connectivity index (χ1v) is 15.6. The van der Waals surface area contributed by atoms with Gasteiger partial charge in [-0.1, -0.05) is 106 Å². The fraction of sp³-hybridized carbons (Fsp3) is 0.394. The van der Waals surface area contributed by atoms with Crippen LogP contribution in [0.15, 0.2) is 97.1 Å². The lowest BCUT2D eigenvalue weighted by molar-refractivity contribution is 0.0377. The lowest BCUT2D eigenvalue weighted by atomic mass is 10.2. The quantitative estimate of drug-likeness (QED) is 0.142. The highest BCUT2D eigenvalue weighted by Crippen LogP contribution is 2.38. The van der Waals surface area contributed by atoms with Crippen molar-refractivity contribution >= 4 is 18.7 Å². The summed E-state index contributed by atoms with van der Waals surface area (Å²) in [6.07, 6.45) is 7.87. The van der Waals surface area contributed by atoms with Gasteiger partial charge in [-0.15, -0.1) is 0 Å². The number of rotatable bonds is 15. The Kier molecular flexibility index (Phi) is 11.8. The number of hydrogen-bond acceptors (Lipinski definition) is 4.